The zero-order valence-electron chi connectivity index (χ0n) is 9.69. The van der Waals surface area contributed by atoms with Gasteiger partial charge in [-0.1, -0.05) is 30.3 Å². The number of benzene rings is 1. The van der Waals surface area contributed by atoms with Gasteiger partial charge in [-0.2, -0.15) is 11.8 Å². The molecule has 0 N–H and O–H groups in total. The van der Waals surface area contributed by atoms with Gasteiger partial charge in [0.15, 0.2) is 0 Å². The van der Waals surface area contributed by atoms with E-state index in [2.05, 4.69) is 43.0 Å². The number of allylic oxidation sites excluding steroid dienone is 1. The monoisotopic (exact) mass is 234 g/mol. The third-order valence-corrected chi connectivity index (χ3v) is 3.72. The van der Waals surface area contributed by atoms with Crippen molar-refractivity contribution in [2.45, 2.75) is 25.0 Å². The van der Waals surface area contributed by atoms with E-state index in [9.17, 15) is 0 Å². The van der Waals surface area contributed by atoms with Crippen molar-refractivity contribution in [1.82, 2.24) is 0 Å². The highest BCUT2D eigenvalue weighted by molar-refractivity contribution is 8.06. The Bertz CT molecular complexity index is 341. The molecule has 1 fully saturated rings. The normalized spacial score (nSPS) is 19.6. The molecule has 2 heteroatoms. The van der Waals surface area contributed by atoms with Crippen molar-refractivity contribution in [3.8, 4) is 0 Å². The number of ether oxygens (including phenoxy) is 1. The second kappa shape index (κ2) is 6.00. The first kappa shape index (κ1) is 11.6. The maximum absolute atomic E-state index is 5.56. The molecule has 2 rings (SSSR count). The molecular weight excluding hydrogens is 216 g/mol. The lowest BCUT2D eigenvalue weighted by Gasteiger charge is -2.03. The quantitative estimate of drug-likeness (QED) is 0.418. The van der Waals surface area contributed by atoms with Crippen molar-refractivity contribution in [3.05, 3.63) is 42.2 Å². The lowest BCUT2D eigenvalue weighted by atomic mass is 10.1. The molecule has 1 aromatic carbocycles. The minimum Gasteiger partial charge on any atom is -0.501 e. The van der Waals surface area contributed by atoms with E-state index in [1.807, 2.05) is 12.3 Å². The molecule has 0 bridgehead atoms. The van der Waals surface area contributed by atoms with Crippen molar-refractivity contribution >= 4 is 17.3 Å². The van der Waals surface area contributed by atoms with Gasteiger partial charge in [0.25, 0.3) is 0 Å². The lowest BCUT2D eigenvalue weighted by molar-refractivity contribution is 0.244. The summed E-state index contributed by atoms with van der Waals surface area (Å²) >= 11 is 2.06. The molecule has 0 aliphatic carbocycles. The van der Waals surface area contributed by atoms with Gasteiger partial charge in [0.05, 0.1) is 12.9 Å². The van der Waals surface area contributed by atoms with Crippen molar-refractivity contribution in [2.24, 2.45) is 0 Å². The van der Waals surface area contributed by atoms with Crippen LogP contribution in [0.4, 0.5) is 0 Å². The largest absolute Gasteiger partial charge is 0.501 e. The van der Waals surface area contributed by atoms with E-state index in [1.54, 1.807) is 0 Å². The summed E-state index contributed by atoms with van der Waals surface area (Å²) in [6.07, 6.45) is 4.37. The second-order valence-electron chi connectivity index (χ2n) is 4.14. The molecule has 0 amide bonds. The van der Waals surface area contributed by atoms with Gasteiger partial charge in [-0.25, -0.2) is 0 Å². The third kappa shape index (κ3) is 3.93. The first-order valence-electron chi connectivity index (χ1n) is 5.81. The average Bonchev–Trinajstić information content (AvgIpc) is 3.13. The second-order valence-corrected chi connectivity index (χ2v) is 5.47. The van der Waals surface area contributed by atoms with E-state index in [0.29, 0.717) is 0 Å². The summed E-state index contributed by atoms with van der Waals surface area (Å²) in [6, 6.07) is 10.4. The first-order chi connectivity index (χ1) is 7.86. The summed E-state index contributed by atoms with van der Waals surface area (Å²) in [6.45, 7) is 2.94. The Morgan fingerprint density at radius 1 is 1.44 bits per heavy atom. The number of hydrogen-bond donors (Lipinski definition) is 0. The zero-order chi connectivity index (χ0) is 11.2. The predicted molar refractivity (Wildman–Crippen MR) is 71.5 cm³/mol. The number of rotatable bonds is 6. The van der Waals surface area contributed by atoms with Crippen LogP contribution in [0.25, 0.3) is 5.57 Å². The molecule has 1 atom stereocenters. The van der Waals surface area contributed by atoms with Gasteiger partial charge in [-0.3, -0.25) is 0 Å². The summed E-state index contributed by atoms with van der Waals surface area (Å²) in [5.41, 5.74) is 2.43. The van der Waals surface area contributed by atoms with Crippen LogP contribution in [0.3, 0.4) is 0 Å². The predicted octanol–water partition coefficient (Wildman–Crippen LogP) is 3.96. The summed E-state index contributed by atoms with van der Waals surface area (Å²) in [5.74, 6) is 1.36. The van der Waals surface area contributed by atoms with Crippen LogP contribution < -0.4 is 0 Å². The zero-order valence-corrected chi connectivity index (χ0v) is 10.5. The molecule has 1 aliphatic heterocycles. The van der Waals surface area contributed by atoms with Crippen molar-refractivity contribution in [3.63, 3.8) is 0 Å². The molecule has 16 heavy (non-hydrogen) atoms. The summed E-state index contributed by atoms with van der Waals surface area (Å²) < 4.78 is 5.56. The SMILES string of the molecule is C/C(=C/OCCCC1CS1)c1ccccc1. The summed E-state index contributed by atoms with van der Waals surface area (Å²) in [4.78, 5) is 0. The molecular formula is C14H18OS. The highest BCUT2D eigenvalue weighted by Gasteiger charge is 2.20. The van der Waals surface area contributed by atoms with Crippen LogP contribution in [0.2, 0.25) is 0 Å². The third-order valence-electron chi connectivity index (χ3n) is 2.68. The summed E-state index contributed by atoms with van der Waals surface area (Å²) in [7, 11) is 0. The van der Waals surface area contributed by atoms with E-state index in [-0.39, 0.29) is 0 Å². The number of thioether (sulfide) groups is 1. The fraction of sp³-hybridized carbons (Fsp3) is 0.429. The highest BCUT2D eigenvalue weighted by Crippen LogP contribution is 2.33. The summed E-state index contributed by atoms with van der Waals surface area (Å²) in [5, 5.41) is 0.933. The van der Waals surface area contributed by atoms with Gasteiger partial charge in [0, 0.05) is 11.0 Å². The molecule has 1 heterocycles. The van der Waals surface area contributed by atoms with Crippen LogP contribution in [0, 0.1) is 0 Å². The van der Waals surface area contributed by atoms with Crippen LogP contribution in [0.1, 0.15) is 25.3 Å². The van der Waals surface area contributed by atoms with E-state index < -0.39 is 0 Å². The Morgan fingerprint density at radius 2 is 2.19 bits per heavy atom. The lowest BCUT2D eigenvalue weighted by Crippen LogP contribution is -1.92. The van der Waals surface area contributed by atoms with Crippen LogP contribution in [0.5, 0.6) is 0 Å². The molecule has 1 nitrogen and oxygen atoms in total. The Morgan fingerprint density at radius 3 is 2.88 bits per heavy atom. The van der Waals surface area contributed by atoms with Gasteiger partial charge >= 0.3 is 0 Å². The van der Waals surface area contributed by atoms with Gasteiger partial charge in [0.1, 0.15) is 0 Å². The molecule has 1 saturated heterocycles. The Balaban J connectivity index is 1.69. The van der Waals surface area contributed by atoms with Crippen LogP contribution >= 0.6 is 11.8 Å². The molecule has 0 radical (unpaired) electrons. The molecule has 0 spiro atoms. The molecule has 1 aromatic rings. The van der Waals surface area contributed by atoms with Gasteiger partial charge in [-0.05, 0) is 30.9 Å². The van der Waals surface area contributed by atoms with Crippen LogP contribution in [-0.4, -0.2) is 17.6 Å². The van der Waals surface area contributed by atoms with Crippen molar-refractivity contribution < 1.29 is 4.74 Å². The van der Waals surface area contributed by atoms with Crippen molar-refractivity contribution in [2.75, 3.05) is 12.4 Å². The molecule has 0 aromatic heterocycles. The van der Waals surface area contributed by atoms with E-state index in [0.717, 1.165) is 11.9 Å². The smallest absolute Gasteiger partial charge is 0.0873 e. The van der Waals surface area contributed by atoms with E-state index in [1.165, 1.54) is 29.7 Å². The number of hydrogen-bond acceptors (Lipinski definition) is 2. The Labute approximate surface area is 102 Å². The molecule has 86 valence electrons. The standard InChI is InChI=1S/C14H18OS/c1-12(13-6-3-2-4-7-13)10-15-9-5-8-14-11-16-14/h2-4,6-7,10,14H,5,8-9,11H2,1H3/b12-10-. The minimum absolute atomic E-state index is 0.848. The van der Waals surface area contributed by atoms with E-state index >= 15 is 0 Å². The molecule has 0 saturated carbocycles. The van der Waals surface area contributed by atoms with Crippen LogP contribution in [-0.2, 0) is 4.74 Å². The average molecular weight is 234 g/mol. The Hall–Kier alpha value is -0.890. The Kier molecular flexibility index (Phi) is 4.34. The van der Waals surface area contributed by atoms with E-state index in [4.69, 9.17) is 4.74 Å². The fourth-order valence-corrected chi connectivity index (χ4v) is 2.22. The van der Waals surface area contributed by atoms with Gasteiger partial charge < -0.3 is 4.74 Å². The van der Waals surface area contributed by atoms with Gasteiger partial charge in [0.2, 0.25) is 0 Å². The highest BCUT2D eigenvalue weighted by atomic mass is 32.2. The topological polar surface area (TPSA) is 9.23 Å². The first-order valence-corrected chi connectivity index (χ1v) is 6.86. The maximum Gasteiger partial charge on any atom is 0.0873 e. The molecule has 1 aliphatic rings. The maximum atomic E-state index is 5.56. The fourth-order valence-electron chi connectivity index (χ4n) is 1.58. The minimum atomic E-state index is 0.848. The van der Waals surface area contributed by atoms with Crippen molar-refractivity contribution in [1.29, 1.82) is 0 Å². The van der Waals surface area contributed by atoms with Gasteiger partial charge in [-0.15, -0.1) is 0 Å². The molecule has 1 unspecified atom stereocenters. The van der Waals surface area contributed by atoms with Crippen LogP contribution in [0.15, 0.2) is 36.6 Å².